The van der Waals surface area contributed by atoms with E-state index in [9.17, 15) is 0 Å². The van der Waals surface area contributed by atoms with Crippen LogP contribution in [0.2, 0.25) is 0 Å². The van der Waals surface area contributed by atoms with Crippen LogP contribution < -0.4 is 15.5 Å². The number of piperidine rings is 1. The molecule has 1 fully saturated rings. The molecule has 2 aliphatic rings. The first-order chi connectivity index (χ1) is 14.7. The van der Waals surface area contributed by atoms with Crippen molar-refractivity contribution >= 4 is 35.8 Å². The van der Waals surface area contributed by atoms with Gasteiger partial charge in [-0.3, -0.25) is 4.99 Å². The van der Waals surface area contributed by atoms with Gasteiger partial charge in [-0.15, -0.1) is 24.0 Å². The van der Waals surface area contributed by atoms with Crippen molar-refractivity contribution in [3.8, 4) is 0 Å². The molecule has 2 aliphatic heterocycles. The van der Waals surface area contributed by atoms with E-state index in [2.05, 4.69) is 47.7 Å². The van der Waals surface area contributed by atoms with E-state index in [1.165, 1.54) is 24.8 Å². The van der Waals surface area contributed by atoms with Gasteiger partial charge in [-0.1, -0.05) is 0 Å². The van der Waals surface area contributed by atoms with Gasteiger partial charge in [0.2, 0.25) is 0 Å². The van der Waals surface area contributed by atoms with E-state index in [0.29, 0.717) is 13.2 Å². The van der Waals surface area contributed by atoms with Crippen LogP contribution in [0.1, 0.15) is 42.9 Å². The zero-order valence-corrected chi connectivity index (χ0v) is 20.7. The van der Waals surface area contributed by atoms with E-state index < -0.39 is 0 Å². The number of nitrogens with zero attached hydrogens (tertiary/aromatic N) is 6. The Morgan fingerprint density at radius 3 is 2.90 bits per heavy atom. The molecular formula is C21H33IN8O. The van der Waals surface area contributed by atoms with Crippen molar-refractivity contribution in [3.05, 3.63) is 35.5 Å². The topological polar surface area (TPSA) is 92.5 Å². The average Bonchev–Trinajstić information content (AvgIpc) is 3.19. The molecule has 1 atom stereocenters. The lowest BCUT2D eigenvalue weighted by Gasteiger charge is -2.28. The normalized spacial score (nSPS) is 18.8. The minimum Gasteiger partial charge on any atom is -0.377 e. The molecular weight excluding hydrogens is 507 g/mol. The zero-order chi connectivity index (χ0) is 20.8. The smallest absolute Gasteiger partial charge is 0.191 e. The number of methoxy groups -OCH3 is 1. The Morgan fingerprint density at radius 2 is 2.13 bits per heavy atom. The molecule has 0 aromatic carbocycles. The van der Waals surface area contributed by atoms with Crippen molar-refractivity contribution in [1.82, 2.24) is 30.4 Å². The summed E-state index contributed by atoms with van der Waals surface area (Å²) in [4.78, 5) is 15.9. The van der Waals surface area contributed by atoms with Crippen LogP contribution in [-0.2, 0) is 30.9 Å². The molecule has 0 radical (unpaired) electrons. The molecule has 4 heterocycles. The van der Waals surface area contributed by atoms with Crippen LogP contribution >= 0.6 is 24.0 Å². The summed E-state index contributed by atoms with van der Waals surface area (Å²) in [5.74, 6) is 3.66. The van der Waals surface area contributed by atoms with Crippen LogP contribution in [0, 0.1) is 0 Å². The monoisotopic (exact) mass is 540 g/mol. The molecule has 170 valence electrons. The van der Waals surface area contributed by atoms with Gasteiger partial charge in [-0.05, 0) is 43.4 Å². The lowest BCUT2D eigenvalue weighted by Crippen LogP contribution is -2.46. The van der Waals surface area contributed by atoms with Gasteiger partial charge in [0.1, 0.15) is 18.2 Å². The van der Waals surface area contributed by atoms with Gasteiger partial charge in [0.25, 0.3) is 0 Å². The summed E-state index contributed by atoms with van der Waals surface area (Å²) in [6.45, 7) is 4.15. The van der Waals surface area contributed by atoms with Gasteiger partial charge in [0, 0.05) is 52.5 Å². The molecule has 1 saturated heterocycles. The molecule has 0 amide bonds. The fraction of sp³-hybridized carbons (Fsp3) is 0.619. The number of aryl methyl sites for hydroxylation is 1. The van der Waals surface area contributed by atoms with Crippen LogP contribution in [0.25, 0.3) is 0 Å². The maximum atomic E-state index is 5.14. The number of aliphatic imine (C=N–C) groups is 1. The van der Waals surface area contributed by atoms with Gasteiger partial charge in [-0.25, -0.2) is 14.6 Å². The molecule has 4 rings (SSSR count). The number of ether oxygens (including phenoxy) is 1. The standard InChI is InChI=1S/C21H32N8O.HI/c1-22-21(25-17-6-7-19-26-18(15-30-2)27-29(19)14-17)24-13-16-8-9-23-20(12-16)28-10-4-3-5-11-28;/h8-9,12,17H,3-7,10-11,13-15H2,1-2H3,(H2,22,24,25);1H. The molecule has 2 aromatic rings. The summed E-state index contributed by atoms with van der Waals surface area (Å²) in [7, 11) is 3.47. The highest BCUT2D eigenvalue weighted by Gasteiger charge is 2.22. The van der Waals surface area contributed by atoms with Crippen molar-refractivity contribution in [2.75, 3.05) is 32.1 Å². The fourth-order valence-electron chi connectivity index (χ4n) is 4.11. The summed E-state index contributed by atoms with van der Waals surface area (Å²) in [6.07, 6.45) is 7.63. The second-order valence-corrected chi connectivity index (χ2v) is 7.94. The minimum absolute atomic E-state index is 0. The van der Waals surface area contributed by atoms with Crippen molar-refractivity contribution in [3.63, 3.8) is 0 Å². The van der Waals surface area contributed by atoms with Crippen LogP contribution in [0.4, 0.5) is 5.82 Å². The van der Waals surface area contributed by atoms with Crippen LogP contribution in [0.5, 0.6) is 0 Å². The van der Waals surface area contributed by atoms with Crippen LogP contribution in [-0.4, -0.2) is 59.0 Å². The van der Waals surface area contributed by atoms with Gasteiger partial charge in [0.05, 0.1) is 6.54 Å². The van der Waals surface area contributed by atoms with E-state index in [1.807, 2.05) is 17.9 Å². The Hall–Kier alpha value is -1.95. The molecule has 9 nitrogen and oxygen atoms in total. The van der Waals surface area contributed by atoms with Crippen LogP contribution in [0.3, 0.4) is 0 Å². The van der Waals surface area contributed by atoms with E-state index in [4.69, 9.17) is 4.74 Å². The van der Waals surface area contributed by atoms with E-state index in [-0.39, 0.29) is 30.0 Å². The number of anilines is 1. The van der Waals surface area contributed by atoms with Crippen molar-refractivity contribution < 1.29 is 4.74 Å². The van der Waals surface area contributed by atoms with Gasteiger partial charge in [-0.2, -0.15) is 5.10 Å². The first kappa shape index (κ1) is 23.7. The molecule has 0 aliphatic carbocycles. The summed E-state index contributed by atoms with van der Waals surface area (Å²) < 4.78 is 7.13. The van der Waals surface area contributed by atoms with Crippen LogP contribution in [0.15, 0.2) is 23.3 Å². The van der Waals surface area contributed by atoms with Crippen molar-refractivity contribution in [2.24, 2.45) is 4.99 Å². The molecule has 0 bridgehead atoms. The predicted molar refractivity (Wildman–Crippen MR) is 132 cm³/mol. The summed E-state index contributed by atoms with van der Waals surface area (Å²) in [5, 5.41) is 11.5. The molecule has 0 spiro atoms. The van der Waals surface area contributed by atoms with E-state index >= 15 is 0 Å². The average molecular weight is 540 g/mol. The third-order valence-electron chi connectivity index (χ3n) is 5.69. The molecule has 2 N–H and O–H groups in total. The van der Waals surface area contributed by atoms with Gasteiger partial charge >= 0.3 is 0 Å². The van der Waals surface area contributed by atoms with Gasteiger partial charge < -0.3 is 20.3 Å². The number of halogens is 1. The lowest BCUT2D eigenvalue weighted by atomic mass is 10.1. The number of rotatable bonds is 6. The number of hydrogen-bond donors (Lipinski definition) is 2. The second-order valence-electron chi connectivity index (χ2n) is 7.94. The lowest BCUT2D eigenvalue weighted by molar-refractivity contribution is 0.177. The SMILES string of the molecule is CN=C(NCc1ccnc(N2CCCCC2)c1)NC1CCc2nc(COC)nn2C1.I. The van der Waals surface area contributed by atoms with E-state index in [1.54, 1.807) is 7.11 Å². The third kappa shape index (κ3) is 6.28. The largest absolute Gasteiger partial charge is 0.377 e. The van der Waals surface area contributed by atoms with E-state index in [0.717, 1.165) is 55.9 Å². The first-order valence-corrected chi connectivity index (χ1v) is 10.8. The number of pyridine rings is 1. The fourth-order valence-corrected chi connectivity index (χ4v) is 4.11. The quantitative estimate of drug-likeness (QED) is 0.330. The number of aromatic nitrogens is 4. The number of hydrogen-bond acceptors (Lipinski definition) is 6. The minimum atomic E-state index is 0. The Labute approximate surface area is 201 Å². The Balaban J connectivity index is 0.00000272. The summed E-state index contributed by atoms with van der Waals surface area (Å²) in [6, 6.07) is 4.51. The first-order valence-electron chi connectivity index (χ1n) is 10.8. The highest BCUT2D eigenvalue weighted by Crippen LogP contribution is 2.18. The molecule has 0 saturated carbocycles. The van der Waals surface area contributed by atoms with Crippen molar-refractivity contribution in [2.45, 2.75) is 57.8 Å². The second kappa shape index (κ2) is 11.6. The highest BCUT2D eigenvalue weighted by molar-refractivity contribution is 14.0. The highest BCUT2D eigenvalue weighted by atomic mass is 127. The number of nitrogens with one attached hydrogen (secondary N) is 2. The zero-order valence-electron chi connectivity index (χ0n) is 18.4. The Morgan fingerprint density at radius 1 is 1.29 bits per heavy atom. The molecule has 2 aromatic heterocycles. The predicted octanol–water partition coefficient (Wildman–Crippen LogP) is 2.11. The molecule has 1 unspecified atom stereocenters. The molecule has 10 heteroatoms. The Kier molecular flexibility index (Phi) is 8.88. The summed E-state index contributed by atoms with van der Waals surface area (Å²) in [5.41, 5.74) is 1.21. The van der Waals surface area contributed by atoms with Crippen molar-refractivity contribution in [1.29, 1.82) is 0 Å². The number of guanidine groups is 1. The number of fused-ring (bicyclic) bond motifs is 1. The molecule has 31 heavy (non-hydrogen) atoms. The third-order valence-corrected chi connectivity index (χ3v) is 5.69. The maximum Gasteiger partial charge on any atom is 0.191 e. The Bertz CT molecular complexity index is 865. The summed E-state index contributed by atoms with van der Waals surface area (Å²) >= 11 is 0. The van der Waals surface area contributed by atoms with Gasteiger partial charge in [0.15, 0.2) is 11.8 Å². The maximum absolute atomic E-state index is 5.14.